The highest BCUT2D eigenvalue weighted by Gasteiger charge is 2.14. The second kappa shape index (κ2) is 6.22. The Balaban J connectivity index is 1.73. The maximum atomic E-state index is 5.84. The number of aromatic nitrogens is 1. The maximum Gasteiger partial charge on any atom is 0.131 e. The largest absolute Gasteiger partial charge is 0.385 e. The zero-order valence-electron chi connectivity index (χ0n) is 10.3. The minimum Gasteiger partial charge on any atom is -0.385 e. The molecule has 3 nitrogen and oxygen atoms in total. The minimum absolute atomic E-state index is 0.544. The Morgan fingerprint density at radius 2 is 2.24 bits per heavy atom. The number of hydrogen-bond acceptors (Lipinski definition) is 3. The van der Waals surface area contributed by atoms with Gasteiger partial charge in [0.25, 0.3) is 0 Å². The van der Waals surface area contributed by atoms with Crippen LogP contribution in [0.1, 0.15) is 19.8 Å². The van der Waals surface area contributed by atoms with Crippen molar-refractivity contribution in [3.8, 4) is 0 Å². The minimum atomic E-state index is 0.544. The Hall–Kier alpha value is -0.800. The van der Waals surface area contributed by atoms with E-state index in [-0.39, 0.29) is 0 Å². The third kappa shape index (κ3) is 4.17. The van der Waals surface area contributed by atoms with Crippen molar-refractivity contribution >= 4 is 17.3 Å². The summed E-state index contributed by atoms with van der Waals surface area (Å²) in [6.07, 6.45) is 4.45. The van der Waals surface area contributed by atoms with Gasteiger partial charge >= 0.3 is 0 Å². The van der Waals surface area contributed by atoms with Crippen LogP contribution < -0.4 is 5.32 Å². The molecule has 17 heavy (non-hydrogen) atoms. The molecule has 1 aliphatic rings. The molecule has 1 aromatic heterocycles. The molecule has 0 saturated carbocycles. The molecule has 4 heteroatoms. The molecule has 94 valence electrons. The average molecular weight is 254 g/mol. The van der Waals surface area contributed by atoms with Crippen molar-refractivity contribution in [2.24, 2.45) is 5.92 Å². The standard InChI is InChI=1S/C13H20ClN3/c1-11(10-17-6-2-3-7-17)9-16-12-4-5-15-13(14)8-12/h4-5,8,11H,2-3,6-7,9-10H2,1H3,(H,15,16). The van der Waals surface area contributed by atoms with Gasteiger partial charge in [-0.3, -0.25) is 0 Å². The first-order valence-electron chi connectivity index (χ1n) is 6.32. The Labute approximate surface area is 108 Å². The number of nitrogens with zero attached hydrogens (tertiary/aromatic N) is 2. The number of hydrogen-bond donors (Lipinski definition) is 1. The van der Waals surface area contributed by atoms with Crippen LogP contribution >= 0.6 is 11.6 Å². The van der Waals surface area contributed by atoms with Gasteiger partial charge in [0.1, 0.15) is 5.15 Å². The lowest BCUT2D eigenvalue weighted by molar-refractivity contribution is 0.294. The van der Waals surface area contributed by atoms with E-state index < -0.39 is 0 Å². The molecule has 1 atom stereocenters. The fraction of sp³-hybridized carbons (Fsp3) is 0.615. The van der Waals surface area contributed by atoms with Crippen LogP contribution in [0.4, 0.5) is 5.69 Å². The van der Waals surface area contributed by atoms with E-state index in [2.05, 4.69) is 22.1 Å². The molecule has 1 aromatic rings. The summed E-state index contributed by atoms with van der Waals surface area (Å²) in [5.74, 6) is 0.653. The average Bonchev–Trinajstić information content (AvgIpc) is 2.79. The van der Waals surface area contributed by atoms with Gasteiger partial charge in [0.2, 0.25) is 0 Å². The first-order valence-corrected chi connectivity index (χ1v) is 6.69. The fourth-order valence-electron chi connectivity index (χ4n) is 2.28. The van der Waals surface area contributed by atoms with Crippen LogP contribution in [0.2, 0.25) is 5.15 Å². The lowest BCUT2D eigenvalue weighted by atomic mass is 10.1. The summed E-state index contributed by atoms with van der Waals surface area (Å²) in [6.45, 7) is 6.99. The highest BCUT2D eigenvalue weighted by molar-refractivity contribution is 6.29. The first kappa shape index (κ1) is 12.7. The summed E-state index contributed by atoms with van der Waals surface area (Å²) in [7, 11) is 0. The molecule has 0 aromatic carbocycles. The van der Waals surface area contributed by atoms with Crippen molar-refractivity contribution in [2.75, 3.05) is 31.5 Å². The summed E-state index contributed by atoms with van der Waals surface area (Å²) in [5, 5.41) is 3.95. The van der Waals surface area contributed by atoms with Crippen molar-refractivity contribution in [2.45, 2.75) is 19.8 Å². The number of pyridine rings is 1. The molecule has 0 spiro atoms. The van der Waals surface area contributed by atoms with Gasteiger partial charge in [-0.05, 0) is 44.0 Å². The van der Waals surface area contributed by atoms with Gasteiger partial charge in [-0.15, -0.1) is 0 Å². The van der Waals surface area contributed by atoms with E-state index in [1.165, 1.54) is 32.5 Å². The fourth-order valence-corrected chi connectivity index (χ4v) is 2.45. The molecule has 2 rings (SSSR count). The zero-order valence-corrected chi connectivity index (χ0v) is 11.1. The quantitative estimate of drug-likeness (QED) is 0.818. The van der Waals surface area contributed by atoms with Crippen LogP contribution in [0, 0.1) is 5.92 Å². The van der Waals surface area contributed by atoms with E-state index in [1.807, 2.05) is 12.1 Å². The summed E-state index contributed by atoms with van der Waals surface area (Å²) >= 11 is 5.84. The van der Waals surface area contributed by atoms with Crippen molar-refractivity contribution in [3.63, 3.8) is 0 Å². The zero-order chi connectivity index (χ0) is 12.1. The van der Waals surface area contributed by atoms with Crippen LogP contribution in [0.15, 0.2) is 18.3 Å². The number of likely N-dealkylation sites (tertiary alicyclic amines) is 1. The normalized spacial score (nSPS) is 18.2. The lowest BCUT2D eigenvalue weighted by Gasteiger charge is -2.20. The third-order valence-electron chi connectivity index (χ3n) is 3.15. The molecule has 1 unspecified atom stereocenters. The molecular formula is C13H20ClN3. The Morgan fingerprint density at radius 3 is 2.94 bits per heavy atom. The second-order valence-electron chi connectivity index (χ2n) is 4.86. The van der Waals surface area contributed by atoms with Crippen LogP contribution in [-0.2, 0) is 0 Å². The molecule has 0 amide bonds. The molecular weight excluding hydrogens is 234 g/mol. The number of rotatable bonds is 5. The number of halogens is 1. The number of nitrogens with one attached hydrogen (secondary N) is 1. The van der Waals surface area contributed by atoms with Gasteiger partial charge in [0.15, 0.2) is 0 Å². The molecule has 0 bridgehead atoms. The van der Waals surface area contributed by atoms with Gasteiger partial charge in [0.05, 0.1) is 0 Å². The van der Waals surface area contributed by atoms with Crippen molar-refractivity contribution in [1.29, 1.82) is 0 Å². The lowest BCUT2D eigenvalue weighted by Crippen LogP contribution is -2.28. The van der Waals surface area contributed by atoms with Crippen molar-refractivity contribution in [3.05, 3.63) is 23.5 Å². The summed E-state index contributed by atoms with van der Waals surface area (Å²) in [4.78, 5) is 6.51. The summed E-state index contributed by atoms with van der Waals surface area (Å²) < 4.78 is 0. The number of anilines is 1. The van der Waals surface area contributed by atoms with Crippen LogP contribution in [0.5, 0.6) is 0 Å². The Morgan fingerprint density at radius 1 is 1.47 bits per heavy atom. The van der Waals surface area contributed by atoms with Crippen molar-refractivity contribution in [1.82, 2.24) is 9.88 Å². The van der Waals surface area contributed by atoms with Gasteiger partial charge in [0, 0.05) is 25.0 Å². The Bertz CT molecular complexity index is 350. The Kier molecular flexibility index (Phi) is 4.63. The van der Waals surface area contributed by atoms with Gasteiger partial charge in [-0.1, -0.05) is 18.5 Å². The van der Waals surface area contributed by atoms with E-state index in [4.69, 9.17) is 11.6 Å². The predicted molar refractivity (Wildman–Crippen MR) is 72.6 cm³/mol. The topological polar surface area (TPSA) is 28.2 Å². The van der Waals surface area contributed by atoms with Crippen molar-refractivity contribution < 1.29 is 0 Å². The molecule has 1 fully saturated rings. The van der Waals surface area contributed by atoms with E-state index in [0.717, 1.165) is 12.2 Å². The van der Waals surface area contributed by atoms with Gasteiger partial charge < -0.3 is 10.2 Å². The highest BCUT2D eigenvalue weighted by Crippen LogP contribution is 2.14. The SMILES string of the molecule is CC(CNc1ccnc(Cl)c1)CN1CCCC1. The van der Waals surface area contributed by atoms with Gasteiger partial charge in [-0.2, -0.15) is 0 Å². The molecule has 2 heterocycles. The van der Waals surface area contributed by atoms with E-state index >= 15 is 0 Å². The smallest absolute Gasteiger partial charge is 0.131 e. The van der Waals surface area contributed by atoms with E-state index in [1.54, 1.807) is 6.20 Å². The maximum absolute atomic E-state index is 5.84. The molecule has 0 radical (unpaired) electrons. The first-order chi connectivity index (χ1) is 8.24. The summed E-state index contributed by atoms with van der Waals surface area (Å²) in [5.41, 5.74) is 1.05. The third-order valence-corrected chi connectivity index (χ3v) is 3.36. The van der Waals surface area contributed by atoms with E-state index in [9.17, 15) is 0 Å². The molecule has 1 aliphatic heterocycles. The second-order valence-corrected chi connectivity index (χ2v) is 5.25. The summed E-state index contributed by atoms with van der Waals surface area (Å²) in [6, 6.07) is 3.82. The monoisotopic (exact) mass is 253 g/mol. The van der Waals surface area contributed by atoms with Crippen LogP contribution in [0.25, 0.3) is 0 Å². The molecule has 1 N–H and O–H groups in total. The van der Waals surface area contributed by atoms with Gasteiger partial charge in [-0.25, -0.2) is 4.98 Å². The van der Waals surface area contributed by atoms with E-state index in [0.29, 0.717) is 11.1 Å². The van der Waals surface area contributed by atoms with Crippen LogP contribution in [0.3, 0.4) is 0 Å². The predicted octanol–water partition coefficient (Wildman–Crippen LogP) is 2.88. The van der Waals surface area contributed by atoms with Crippen LogP contribution in [-0.4, -0.2) is 36.1 Å². The highest BCUT2D eigenvalue weighted by atomic mass is 35.5. The molecule has 0 aliphatic carbocycles. The molecule has 1 saturated heterocycles.